The number of benzene rings is 1. The Morgan fingerprint density at radius 2 is 2.08 bits per heavy atom. The van der Waals surface area contributed by atoms with Crippen LogP contribution in [0.1, 0.15) is 31.7 Å². The topological polar surface area (TPSA) is 80.7 Å². The minimum absolute atomic E-state index is 0.0425. The summed E-state index contributed by atoms with van der Waals surface area (Å²) < 4.78 is 4.89. The van der Waals surface area contributed by atoms with E-state index in [1.54, 1.807) is 19.1 Å². The molecule has 130 valence electrons. The van der Waals surface area contributed by atoms with Gasteiger partial charge in [-0.3, -0.25) is 9.59 Å². The van der Waals surface area contributed by atoms with Crippen LogP contribution in [-0.2, 0) is 25.5 Å². The molecule has 2 atom stereocenters. The Bertz CT molecular complexity index is 673. The van der Waals surface area contributed by atoms with E-state index in [9.17, 15) is 19.5 Å². The van der Waals surface area contributed by atoms with Crippen molar-refractivity contribution in [3.05, 3.63) is 33.8 Å². The third-order valence-corrected chi connectivity index (χ3v) is 4.78. The van der Waals surface area contributed by atoms with Crippen molar-refractivity contribution in [1.29, 1.82) is 0 Å². The minimum atomic E-state index is -1.97. The monoisotopic (exact) mass is 372 g/mol. The molecule has 7 heteroatoms. The molecular weight excluding hydrogens is 355 g/mol. The lowest BCUT2D eigenvalue weighted by molar-refractivity contribution is -0.178. The highest BCUT2D eigenvalue weighted by Crippen LogP contribution is 2.35. The summed E-state index contributed by atoms with van der Waals surface area (Å²) in [5, 5.41) is 11.5. The van der Waals surface area contributed by atoms with Crippen LogP contribution in [0.5, 0.6) is 0 Å². The van der Waals surface area contributed by atoms with Gasteiger partial charge in [0.15, 0.2) is 5.60 Å². The van der Waals surface area contributed by atoms with Crippen LogP contribution in [0.15, 0.2) is 18.2 Å². The Labute approximate surface area is 149 Å². The lowest BCUT2D eigenvalue weighted by atomic mass is 9.71. The molecule has 2 unspecified atom stereocenters. The van der Waals surface area contributed by atoms with Crippen molar-refractivity contribution in [2.24, 2.45) is 5.92 Å². The third-order valence-electron chi connectivity index (χ3n) is 4.19. The van der Waals surface area contributed by atoms with Crippen LogP contribution in [0.3, 0.4) is 0 Å². The summed E-state index contributed by atoms with van der Waals surface area (Å²) in [5.41, 5.74) is -1.45. The normalized spacial score (nSPS) is 23.8. The van der Waals surface area contributed by atoms with E-state index in [0.29, 0.717) is 15.6 Å². The van der Waals surface area contributed by atoms with E-state index in [4.69, 9.17) is 27.9 Å². The van der Waals surface area contributed by atoms with Crippen LogP contribution >= 0.6 is 23.2 Å². The molecule has 0 aromatic heterocycles. The average molecular weight is 373 g/mol. The number of ketones is 2. The molecule has 1 aliphatic carbocycles. The molecule has 0 spiro atoms. The number of carbonyl (C=O) groups is 3. The van der Waals surface area contributed by atoms with Crippen molar-refractivity contribution >= 4 is 40.7 Å². The molecule has 1 aromatic rings. The van der Waals surface area contributed by atoms with Gasteiger partial charge in [0, 0.05) is 29.3 Å². The van der Waals surface area contributed by atoms with Crippen molar-refractivity contribution < 1.29 is 24.2 Å². The molecule has 1 aromatic carbocycles. The lowest BCUT2D eigenvalue weighted by Crippen LogP contribution is -2.54. The Morgan fingerprint density at radius 3 is 2.71 bits per heavy atom. The fourth-order valence-corrected chi connectivity index (χ4v) is 3.33. The predicted molar refractivity (Wildman–Crippen MR) is 89.1 cm³/mol. The van der Waals surface area contributed by atoms with Crippen LogP contribution in [0.4, 0.5) is 0 Å². The molecule has 0 aliphatic heterocycles. The number of ether oxygens (including phenoxy) is 1. The predicted octanol–water partition coefficient (Wildman–Crippen LogP) is 2.77. The van der Waals surface area contributed by atoms with E-state index in [-0.39, 0.29) is 38.1 Å². The van der Waals surface area contributed by atoms with Gasteiger partial charge in [-0.2, -0.15) is 0 Å². The molecule has 24 heavy (non-hydrogen) atoms. The van der Waals surface area contributed by atoms with E-state index >= 15 is 0 Å². The highest BCUT2D eigenvalue weighted by atomic mass is 35.5. The van der Waals surface area contributed by atoms with Crippen LogP contribution in [0, 0.1) is 5.92 Å². The zero-order valence-electron chi connectivity index (χ0n) is 13.2. The lowest BCUT2D eigenvalue weighted by Gasteiger charge is -2.36. The fourth-order valence-electron chi connectivity index (χ4n) is 2.86. The standard InChI is InChI=1S/C17H18Cl2O5/c1-2-24-16(22)17(23)6-5-12(20)9-13(17)15(21)7-10-3-4-11(18)8-14(10)19/h3-4,8,13,23H,2,5-7,9H2,1H3. The molecule has 1 saturated carbocycles. The number of hydrogen-bond donors (Lipinski definition) is 1. The largest absolute Gasteiger partial charge is 0.464 e. The van der Waals surface area contributed by atoms with Crippen LogP contribution in [0.25, 0.3) is 0 Å². The number of carbonyl (C=O) groups excluding carboxylic acids is 3. The SMILES string of the molecule is CCOC(=O)C1(O)CCC(=O)CC1C(=O)Cc1ccc(Cl)cc1Cl. The van der Waals surface area contributed by atoms with E-state index < -0.39 is 23.3 Å². The average Bonchev–Trinajstić information content (AvgIpc) is 2.52. The molecule has 1 aliphatic rings. The smallest absolute Gasteiger partial charge is 0.338 e. The molecule has 5 nitrogen and oxygen atoms in total. The molecule has 2 rings (SSSR count). The second kappa shape index (κ2) is 7.64. The maximum atomic E-state index is 12.7. The van der Waals surface area contributed by atoms with Gasteiger partial charge in [-0.25, -0.2) is 4.79 Å². The van der Waals surface area contributed by atoms with E-state index in [1.807, 2.05) is 0 Å². The van der Waals surface area contributed by atoms with Gasteiger partial charge >= 0.3 is 5.97 Å². The number of esters is 1. The third kappa shape index (κ3) is 3.97. The Kier molecular flexibility index (Phi) is 6.01. The van der Waals surface area contributed by atoms with Gasteiger partial charge in [0.05, 0.1) is 12.5 Å². The second-order valence-electron chi connectivity index (χ2n) is 5.82. The first-order valence-corrected chi connectivity index (χ1v) is 8.41. The number of rotatable bonds is 5. The van der Waals surface area contributed by atoms with Gasteiger partial charge in [-0.15, -0.1) is 0 Å². The highest BCUT2D eigenvalue weighted by molar-refractivity contribution is 6.35. The fraction of sp³-hybridized carbons (Fsp3) is 0.471. The van der Waals surface area contributed by atoms with E-state index in [2.05, 4.69) is 0 Å². The quantitative estimate of drug-likeness (QED) is 0.803. The minimum Gasteiger partial charge on any atom is -0.464 e. The van der Waals surface area contributed by atoms with Crippen molar-refractivity contribution in [2.75, 3.05) is 6.61 Å². The molecule has 0 amide bonds. The Morgan fingerprint density at radius 1 is 1.38 bits per heavy atom. The van der Waals surface area contributed by atoms with E-state index in [1.165, 1.54) is 6.07 Å². The zero-order valence-corrected chi connectivity index (χ0v) is 14.7. The summed E-state index contributed by atoms with van der Waals surface area (Å²) in [5.74, 6) is -2.59. The maximum Gasteiger partial charge on any atom is 0.338 e. The summed E-state index contributed by atoms with van der Waals surface area (Å²) in [7, 11) is 0. The van der Waals surface area contributed by atoms with Crippen LogP contribution in [-0.4, -0.2) is 34.9 Å². The Hall–Kier alpha value is -1.43. The van der Waals surface area contributed by atoms with Gasteiger partial charge in [0.2, 0.25) is 0 Å². The Balaban J connectivity index is 2.25. The summed E-state index contributed by atoms with van der Waals surface area (Å²) in [4.78, 5) is 36.5. The first kappa shape index (κ1) is 18.9. The molecule has 1 fully saturated rings. The number of halogens is 2. The number of aliphatic hydroxyl groups is 1. The molecule has 0 heterocycles. The second-order valence-corrected chi connectivity index (χ2v) is 6.66. The van der Waals surface area contributed by atoms with Crippen molar-refractivity contribution in [3.63, 3.8) is 0 Å². The molecule has 1 N–H and O–H groups in total. The van der Waals surface area contributed by atoms with Crippen molar-refractivity contribution in [1.82, 2.24) is 0 Å². The van der Waals surface area contributed by atoms with Crippen LogP contribution < -0.4 is 0 Å². The first-order chi connectivity index (χ1) is 11.3. The van der Waals surface area contributed by atoms with Crippen molar-refractivity contribution in [2.45, 2.75) is 38.2 Å². The molecule has 0 bridgehead atoms. The number of Topliss-reactive ketones (excluding diaryl/α,β-unsaturated/α-hetero) is 2. The van der Waals surface area contributed by atoms with Gasteiger partial charge in [-0.05, 0) is 31.0 Å². The van der Waals surface area contributed by atoms with Crippen LogP contribution in [0.2, 0.25) is 10.0 Å². The highest BCUT2D eigenvalue weighted by Gasteiger charge is 2.51. The van der Waals surface area contributed by atoms with Gasteiger partial charge in [0.25, 0.3) is 0 Å². The van der Waals surface area contributed by atoms with Crippen molar-refractivity contribution in [3.8, 4) is 0 Å². The summed E-state index contributed by atoms with van der Waals surface area (Å²) in [6, 6.07) is 4.71. The zero-order chi connectivity index (χ0) is 17.9. The van der Waals surface area contributed by atoms with Gasteiger partial charge < -0.3 is 9.84 Å². The number of hydrogen-bond acceptors (Lipinski definition) is 5. The maximum absolute atomic E-state index is 12.7. The summed E-state index contributed by atoms with van der Waals surface area (Å²) in [6.45, 7) is 1.69. The first-order valence-electron chi connectivity index (χ1n) is 7.66. The van der Waals surface area contributed by atoms with Gasteiger partial charge in [-0.1, -0.05) is 29.3 Å². The molecular formula is C17H18Cl2O5. The molecule has 0 saturated heterocycles. The summed E-state index contributed by atoms with van der Waals surface area (Å²) in [6.07, 6.45) is -0.356. The van der Waals surface area contributed by atoms with Gasteiger partial charge in [0.1, 0.15) is 11.6 Å². The van der Waals surface area contributed by atoms with E-state index in [0.717, 1.165) is 0 Å². The summed E-state index contributed by atoms with van der Waals surface area (Å²) >= 11 is 11.9. The molecule has 0 radical (unpaired) electrons.